The molecule has 162 valence electrons. The van der Waals surface area contributed by atoms with Crippen LogP contribution in [0.5, 0.6) is 0 Å². The van der Waals surface area contributed by atoms with Crippen LogP contribution in [0.2, 0.25) is 0 Å². The molecule has 0 unspecified atom stereocenters. The van der Waals surface area contributed by atoms with E-state index in [4.69, 9.17) is 4.74 Å². The van der Waals surface area contributed by atoms with Gasteiger partial charge in [-0.05, 0) is 43.5 Å². The Kier molecular flexibility index (Phi) is 7.18. The van der Waals surface area contributed by atoms with Crippen molar-refractivity contribution in [1.29, 1.82) is 0 Å². The smallest absolute Gasteiger partial charge is 0.338 e. The van der Waals surface area contributed by atoms with Gasteiger partial charge in [-0.1, -0.05) is 30.3 Å². The first kappa shape index (κ1) is 22.2. The molecule has 31 heavy (non-hydrogen) atoms. The summed E-state index contributed by atoms with van der Waals surface area (Å²) in [6.45, 7) is 4.16. The highest BCUT2D eigenvalue weighted by Gasteiger charge is 2.24. The first-order valence-corrected chi connectivity index (χ1v) is 10.3. The number of carbonyl (C=O) groups is 4. The fourth-order valence-corrected chi connectivity index (χ4v) is 3.46. The van der Waals surface area contributed by atoms with E-state index in [9.17, 15) is 19.2 Å². The molecule has 1 atom stereocenters. The van der Waals surface area contributed by atoms with Gasteiger partial charge >= 0.3 is 5.97 Å². The van der Waals surface area contributed by atoms with Crippen LogP contribution in [-0.4, -0.2) is 42.8 Å². The lowest BCUT2D eigenvalue weighted by atomic mass is 10.0. The second-order valence-electron chi connectivity index (χ2n) is 7.54. The van der Waals surface area contributed by atoms with Gasteiger partial charge < -0.3 is 15.0 Å². The highest BCUT2D eigenvalue weighted by molar-refractivity contribution is 6.02. The van der Waals surface area contributed by atoms with Gasteiger partial charge in [-0.3, -0.25) is 14.4 Å². The molecule has 0 aromatic heterocycles. The largest absolute Gasteiger partial charge is 0.451 e. The number of benzene rings is 2. The zero-order chi connectivity index (χ0) is 22.4. The van der Waals surface area contributed by atoms with Crippen molar-refractivity contribution in [1.82, 2.24) is 5.32 Å². The number of nitrogens with zero attached hydrogens (tertiary/aromatic N) is 1. The predicted molar refractivity (Wildman–Crippen MR) is 116 cm³/mol. The van der Waals surface area contributed by atoms with Gasteiger partial charge in [-0.15, -0.1) is 0 Å². The molecule has 0 radical (unpaired) electrons. The van der Waals surface area contributed by atoms with E-state index in [1.807, 2.05) is 12.1 Å². The van der Waals surface area contributed by atoms with Crippen molar-refractivity contribution >= 4 is 29.3 Å². The standard InChI is InChI=1S/C24H26N2O5/c1-16(23(29)19-10-8-18(9-11-19)12-13-25-17(2)27)31-24(30)20-5-3-6-21(15-20)26-14-4-7-22(26)28/h3,5-6,8-11,15-16H,4,7,12-14H2,1-2H3,(H,25,27)/t16-/m0/s1. The predicted octanol–water partition coefficient (Wildman–Crippen LogP) is 2.92. The van der Waals surface area contributed by atoms with Crippen molar-refractivity contribution < 1.29 is 23.9 Å². The fourth-order valence-electron chi connectivity index (χ4n) is 3.46. The van der Waals surface area contributed by atoms with Gasteiger partial charge in [-0.2, -0.15) is 0 Å². The number of hydrogen-bond acceptors (Lipinski definition) is 5. The van der Waals surface area contributed by atoms with E-state index in [1.54, 1.807) is 48.2 Å². The summed E-state index contributed by atoms with van der Waals surface area (Å²) in [5.74, 6) is -0.955. The Morgan fingerprint density at radius 1 is 1.10 bits per heavy atom. The molecule has 2 amide bonds. The highest BCUT2D eigenvalue weighted by atomic mass is 16.5. The molecule has 0 saturated carbocycles. The van der Waals surface area contributed by atoms with Crippen LogP contribution in [0.3, 0.4) is 0 Å². The number of anilines is 1. The van der Waals surface area contributed by atoms with Crippen LogP contribution >= 0.6 is 0 Å². The van der Waals surface area contributed by atoms with Crippen LogP contribution in [0.25, 0.3) is 0 Å². The minimum Gasteiger partial charge on any atom is -0.451 e. The van der Waals surface area contributed by atoms with E-state index >= 15 is 0 Å². The molecule has 1 aliphatic heterocycles. The summed E-state index contributed by atoms with van der Waals surface area (Å²) in [5.41, 5.74) is 2.39. The molecule has 1 fully saturated rings. The minimum atomic E-state index is -0.949. The number of carbonyl (C=O) groups excluding carboxylic acids is 4. The summed E-state index contributed by atoms with van der Waals surface area (Å²) in [7, 11) is 0. The Balaban J connectivity index is 1.60. The monoisotopic (exact) mass is 422 g/mol. The molecule has 1 aliphatic rings. The highest BCUT2D eigenvalue weighted by Crippen LogP contribution is 2.23. The molecule has 2 aromatic carbocycles. The number of nitrogens with one attached hydrogen (secondary N) is 1. The molecular weight excluding hydrogens is 396 g/mol. The SMILES string of the molecule is CC(=O)NCCc1ccc(C(=O)[C@H](C)OC(=O)c2cccc(N3CCCC3=O)c2)cc1. The maximum absolute atomic E-state index is 12.7. The van der Waals surface area contributed by atoms with E-state index in [1.165, 1.54) is 6.92 Å². The number of hydrogen-bond donors (Lipinski definition) is 1. The Morgan fingerprint density at radius 2 is 1.84 bits per heavy atom. The zero-order valence-electron chi connectivity index (χ0n) is 17.7. The summed E-state index contributed by atoms with van der Waals surface area (Å²) < 4.78 is 5.38. The van der Waals surface area contributed by atoms with Crippen LogP contribution in [0.15, 0.2) is 48.5 Å². The van der Waals surface area contributed by atoms with Crippen molar-refractivity contribution in [2.24, 2.45) is 0 Å². The first-order chi connectivity index (χ1) is 14.8. The van der Waals surface area contributed by atoms with Gasteiger partial charge in [0.2, 0.25) is 17.6 Å². The molecule has 1 heterocycles. The summed E-state index contributed by atoms with van der Waals surface area (Å²) in [4.78, 5) is 49.7. The molecule has 0 spiro atoms. The van der Waals surface area contributed by atoms with E-state index in [2.05, 4.69) is 5.32 Å². The third-order valence-corrected chi connectivity index (χ3v) is 5.15. The normalized spacial score (nSPS) is 14.3. The van der Waals surface area contributed by atoms with E-state index in [-0.39, 0.29) is 17.6 Å². The molecule has 7 heteroatoms. The number of esters is 1. The van der Waals surface area contributed by atoms with Crippen LogP contribution < -0.4 is 10.2 Å². The molecule has 2 aromatic rings. The summed E-state index contributed by atoms with van der Waals surface area (Å²) in [6, 6.07) is 13.7. The topological polar surface area (TPSA) is 92.8 Å². The van der Waals surface area contributed by atoms with E-state index in [0.29, 0.717) is 42.7 Å². The molecule has 0 aliphatic carbocycles. The Bertz CT molecular complexity index is 984. The molecule has 3 rings (SSSR count). The minimum absolute atomic E-state index is 0.0367. The average Bonchev–Trinajstić information content (AvgIpc) is 3.19. The Morgan fingerprint density at radius 3 is 2.48 bits per heavy atom. The number of ketones is 1. The van der Waals surface area contributed by atoms with Gasteiger partial charge in [0.15, 0.2) is 6.10 Å². The molecule has 7 nitrogen and oxygen atoms in total. The second kappa shape index (κ2) is 10.0. The summed E-state index contributed by atoms with van der Waals surface area (Å²) >= 11 is 0. The maximum Gasteiger partial charge on any atom is 0.338 e. The average molecular weight is 422 g/mol. The van der Waals surface area contributed by atoms with Crippen LogP contribution in [0.1, 0.15) is 53.0 Å². The van der Waals surface area contributed by atoms with Crippen molar-refractivity contribution in [3.8, 4) is 0 Å². The lowest BCUT2D eigenvalue weighted by molar-refractivity contribution is -0.119. The maximum atomic E-state index is 12.7. The zero-order valence-corrected chi connectivity index (χ0v) is 17.7. The number of rotatable bonds is 8. The molecule has 0 bridgehead atoms. The van der Waals surface area contributed by atoms with Crippen LogP contribution in [0.4, 0.5) is 5.69 Å². The number of Topliss-reactive ketones (excluding diaryl/α,β-unsaturated/α-hetero) is 1. The van der Waals surface area contributed by atoms with E-state index in [0.717, 1.165) is 12.0 Å². The fraction of sp³-hybridized carbons (Fsp3) is 0.333. The lowest BCUT2D eigenvalue weighted by Gasteiger charge is -2.17. The lowest BCUT2D eigenvalue weighted by Crippen LogP contribution is -2.26. The summed E-state index contributed by atoms with van der Waals surface area (Å²) in [5, 5.41) is 2.73. The molecular formula is C24H26N2O5. The van der Waals surface area contributed by atoms with Crippen molar-refractivity contribution in [3.63, 3.8) is 0 Å². The van der Waals surface area contributed by atoms with Crippen LogP contribution in [0, 0.1) is 0 Å². The quantitative estimate of drug-likeness (QED) is 0.522. The first-order valence-electron chi connectivity index (χ1n) is 10.3. The Labute approximate surface area is 181 Å². The van der Waals surface area contributed by atoms with Gasteiger partial charge in [0.25, 0.3) is 0 Å². The van der Waals surface area contributed by atoms with Gasteiger partial charge in [-0.25, -0.2) is 4.79 Å². The summed E-state index contributed by atoms with van der Waals surface area (Å²) in [6.07, 6.45) is 1.01. The van der Waals surface area contributed by atoms with E-state index < -0.39 is 12.1 Å². The third-order valence-electron chi connectivity index (χ3n) is 5.15. The van der Waals surface area contributed by atoms with Crippen molar-refractivity contribution in [3.05, 3.63) is 65.2 Å². The molecule has 1 saturated heterocycles. The third kappa shape index (κ3) is 5.78. The second-order valence-corrected chi connectivity index (χ2v) is 7.54. The molecule has 1 N–H and O–H groups in total. The van der Waals surface area contributed by atoms with Gasteiger partial charge in [0.05, 0.1) is 5.56 Å². The Hall–Kier alpha value is -3.48. The van der Waals surface area contributed by atoms with Gasteiger partial charge in [0.1, 0.15) is 0 Å². The number of amides is 2. The van der Waals surface area contributed by atoms with Crippen molar-refractivity contribution in [2.75, 3.05) is 18.0 Å². The van der Waals surface area contributed by atoms with Crippen LogP contribution in [-0.2, 0) is 20.7 Å². The number of ether oxygens (including phenoxy) is 1. The van der Waals surface area contributed by atoms with Crippen molar-refractivity contribution in [2.45, 2.75) is 39.2 Å². The van der Waals surface area contributed by atoms with Gasteiger partial charge in [0, 0.05) is 37.7 Å².